The van der Waals surface area contributed by atoms with Gasteiger partial charge in [-0.1, -0.05) is 19.1 Å². The van der Waals surface area contributed by atoms with Crippen LogP contribution in [0.2, 0.25) is 0 Å². The third-order valence-electron chi connectivity index (χ3n) is 4.23. The minimum absolute atomic E-state index is 0.0500. The molecule has 134 valence electrons. The molecule has 2 heterocycles. The van der Waals surface area contributed by atoms with Crippen LogP contribution >= 0.6 is 0 Å². The first-order valence-corrected chi connectivity index (χ1v) is 8.39. The summed E-state index contributed by atoms with van der Waals surface area (Å²) in [5, 5.41) is 0. The van der Waals surface area contributed by atoms with Gasteiger partial charge in [-0.05, 0) is 31.7 Å². The number of rotatable bonds is 6. The average molecular weight is 345 g/mol. The fraction of sp³-hybridized carbons (Fsp3) is 0.421. The Hall–Kier alpha value is -2.47. The van der Waals surface area contributed by atoms with E-state index in [0.29, 0.717) is 31.0 Å². The second-order valence-electron chi connectivity index (χ2n) is 6.00. The number of ether oxygens (including phenoxy) is 3. The van der Waals surface area contributed by atoms with Crippen LogP contribution in [-0.4, -0.2) is 43.8 Å². The Morgan fingerprint density at radius 3 is 2.80 bits per heavy atom. The summed E-state index contributed by atoms with van der Waals surface area (Å²) < 4.78 is 22.2. The summed E-state index contributed by atoms with van der Waals surface area (Å²) in [5.74, 6) is 2.49. The minimum atomic E-state index is -0.379. The van der Waals surface area contributed by atoms with Gasteiger partial charge >= 0.3 is 5.97 Å². The number of benzene rings is 1. The monoisotopic (exact) mass is 345 g/mol. The molecule has 0 amide bonds. The van der Waals surface area contributed by atoms with E-state index >= 15 is 0 Å². The highest BCUT2D eigenvalue weighted by Crippen LogP contribution is 2.31. The lowest BCUT2D eigenvalue weighted by molar-refractivity contribution is 0.0561. The SMILES string of the molecule is CCN(Cc1cc(C(=O)OC)c(C)o1)CC1COc2ccccc2O1. The van der Waals surface area contributed by atoms with Crippen molar-refractivity contribution in [1.29, 1.82) is 0 Å². The normalized spacial score (nSPS) is 16.1. The van der Waals surface area contributed by atoms with E-state index in [9.17, 15) is 4.79 Å². The Labute approximate surface area is 147 Å². The fourth-order valence-electron chi connectivity index (χ4n) is 2.90. The molecule has 0 saturated carbocycles. The number of nitrogens with zero attached hydrogens (tertiary/aromatic N) is 1. The Morgan fingerprint density at radius 2 is 2.08 bits per heavy atom. The van der Waals surface area contributed by atoms with Crippen LogP contribution in [0.15, 0.2) is 34.7 Å². The first kappa shape index (κ1) is 17.4. The standard InChI is InChI=1S/C19H23NO5/c1-4-20(10-14-9-16(13(2)24-14)19(21)22-3)11-15-12-23-17-7-5-6-8-18(17)25-15/h5-9,15H,4,10-12H2,1-3H3. The quantitative estimate of drug-likeness (QED) is 0.750. The molecular formula is C19H23NO5. The van der Waals surface area contributed by atoms with Crippen molar-refractivity contribution in [2.75, 3.05) is 26.8 Å². The molecule has 1 atom stereocenters. The zero-order chi connectivity index (χ0) is 17.8. The molecule has 3 rings (SSSR count). The van der Waals surface area contributed by atoms with Crippen molar-refractivity contribution in [3.05, 3.63) is 47.4 Å². The predicted octanol–water partition coefficient (Wildman–Crippen LogP) is 3.04. The summed E-state index contributed by atoms with van der Waals surface area (Å²) >= 11 is 0. The number of carbonyl (C=O) groups excluding carboxylic acids is 1. The summed E-state index contributed by atoms with van der Waals surface area (Å²) in [4.78, 5) is 13.9. The van der Waals surface area contributed by atoms with E-state index in [2.05, 4.69) is 11.8 Å². The first-order chi connectivity index (χ1) is 12.1. The van der Waals surface area contributed by atoms with E-state index in [-0.39, 0.29) is 12.1 Å². The number of fused-ring (bicyclic) bond motifs is 1. The second-order valence-corrected chi connectivity index (χ2v) is 6.00. The van der Waals surface area contributed by atoms with E-state index < -0.39 is 0 Å². The van der Waals surface area contributed by atoms with Crippen molar-refractivity contribution in [3.63, 3.8) is 0 Å². The number of hydrogen-bond acceptors (Lipinski definition) is 6. The Balaban J connectivity index is 1.63. The maximum absolute atomic E-state index is 11.7. The van der Waals surface area contributed by atoms with Crippen molar-refractivity contribution in [2.45, 2.75) is 26.5 Å². The van der Waals surface area contributed by atoms with Gasteiger partial charge < -0.3 is 18.6 Å². The van der Waals surface area contributed by atoms with Crippen molar-refractivity contribution in [3.8, 4) is 11.5 Å². The Kier molecular flexibility index (Phi) is 5.28. The van der Waals surface area contributed by atoms with Gasteiger partial charge in [0.1, 0.15) is 29.8 Å². The number of esters is 1. The highest BCUT2D eigenvalue weighted by Gasteiger charge is 2.24. The molecule has 0 bridgehead atoms. The van der Waals surface area contributed by atoms with Crippen LogP contribution < -0.4 is 9.47 Å². The van der Waals surface area contributed by atoms with Gasteiger partial charge in [-0.3, -0.25) is 4.90 Å². The number of likely N-dealkylation sites (N-methyl/N-ethyl adjacent to an activating group) is 1. The van der Waals surface area contributed by atoms with Gasteiger partial charge in [-0.25, -0.2) is 4.79 Å². The van der Waals surface area contributed by atoms with Crippen LogP contribution in [0.1, 0.15) is 28.8 Å². The molecule has 0 spiro atoms. The van der Waals surface area contributed by atoms with E-state index in [1.165, 1.54) is 7.11 Å². The first-order valence-electron chi connectivity index (χ1n) is 8.39. The molecular weight excluding hydrogens is 322 g/mol. The van der Waals surface area contributed by atoms with Crippen molar-refractivity contribution >= 4 is 5.97 Å². The van der Waals surface area contributed by atoms with Gasteiger partial charge in [0.15, 0.2) is 11.5 Å². The minimum Gasteiger partial charge on any atom is -0.486 e. The van der Waals surface area contributed by atoms with Gasteiger partial charge in [0.2, 0.25) is 0 Å². The molecule has 0 fully saturated rings. The third kappa shape index (κ3) is 3.96. The molecule has 0 aliphatic carbocycles. The van der Waals surface area contributed by atoms with Crippen LogP contribution in [0.3, 0.4) is 0 Å². The molecule has 0 radical (unpaired) electrons. The molecule has 6 nitrogen and oxygen atoms in total. The highest BCUT2D eigenvalue weighted by atomic mass is 16.6. The highest BCUT2D eigenvalue weighted by molar-refractivity contribution is 5.90. The van der Waals surface area contributed by atoms with Gasteiger partial charge in [-0.2, -0.15) is 0 Å². The molecule has 6 heteroatoms. The number of hydrogen-bond donors (Lipinski definition) is 0. The number of methoxy groups -OCH3 is 1. The van der Waals surface area contributed by atoms with Crippen LogP contribution in [0.4, 0.5) is 0 Å². The topological polar surface area (TPSA) is 61.1 Å². The second kappa shape index (κ2) is 7.61. The molecule has 1 aromatic carbocycles. The summed E-state index contributed by atoms with van der Waals surface area (Å²) in [5.41, 5.74) is 0.472. The fourth-order valence-corrected chi connectivity index (χ4v) is 2.90. The summed E-state index contributed by atoms with van der Waals surface area (Å²) in [6, 6.07) is 9.43. The van der Waals surface area contributed by atoms with Gasteiger partial charge in [0, 0.05) is 6.54 Å². The largest absolute Gasteiger partial charge is 0.486 e. The van der Waals surface area contributed by atoms with Gasteiger partial charge in [0.25, 0.3) is 0 Å². The molecule has 1 aliphatic heterocycles. The number of para-hydroxylation sites is 2. The summed E-state index contributed by atoms with van der Waals surface area (Å²) in [7, 11) is 1.37. The van der Waals surface area contributed by atoms with E-state index in [0.717, 1.165) is 23.8 Å². The summed E-state index contributed by atoms with van der Waals surface area (Å²) in [6.45, 7) is 6.48. The number of carbonyl (C=O) groups is 1. The third-order valence-corrected chi connectivity index (χ3v) is 4.23. The Bertz CT molecular complexity index is 739. The number of furan rings is 1. The van der Waals surface area contributed by atoms with Crippen molar-refractivity contribution < 1.29 is 23.4 Å². The van der Waals surface area contributed by atoms with Crippen LogP contribution in [0, 0.1) is 6.92 Å². The molecule has 1 aromatic heterocycles. The molecule has 25 heavy (non-hydrogen) atoms. The molecule has 2 aromatic rings. The predicted molar refractivity (Wildman–Crippen MR) is 92.1 cm³/mol. The smallest absolute Gasteiger partial charge is 0.341 e. The lowest BCUT2D eigenvalue weighted by Crippen LogP contribution is -2.40. The molecule has 1 unspecified atom stereocenters. The lowest BCUT2D eigenvalue weighted by Gasteiger charge is -2.30. The molecule has 0 saturated heterocycles. The average Bonchev–Trinajstić information content (AvgIpc) is 3.00. The lowest BCUT2D eigenvalue weighted by atomic mass is 10.2. The Morgan fingerprint density at radius 1 is 1.32 bits per heavy atom. The van der Waals surface area contributed by atoms with Crippen molar-refractivity contribution in [1.82, 2.24) is 4.90 Å². The summed E-state index contributed by atoms with van der Waals surface area (Å²) in [6.07, 6.45) is -0.0500. The zero-order valence-corrected chi connectivity index (χ0v) is 14.8. The molecule has 1 aliphatic rings. The van der Waals surface area contributed by atoms with Gasteiger partial charge in [-0.15, -0.1) is 0 Å². The van der Waals surface area contributed by atoms with Crippen molar-refractivity contribution in [2.24, 2.45) is 0 Å². The van der Waals surface area contributed by atoms with E-state index in [1.807, 2.05) is 24.3 Å². The maximum Gasteiger partial charge on any atom is 0.341 e. The van der Waals surface area contributed by atoms with E-state index in [4.69, 9.17) is 18.6 Å². The zero-order valence-electron chi connectivity index (χ0n) is 14.8. The molecule has 0 N–H and O–H groups in total. The van der Waals surface area contributed by atoms with Crippen LogP contribution in [-0.2, 0) is 11.3 Å². The van der Waals surface area contributed by atoms with Crippen LogP contribution in [0.5, 0.6) is 11.5 Å². The van der Waals surface area contributed by atoms with E-state index in [1.54, 1.807) is 13.0 Å². The maximum atomic E-state index is 11.7. The number of aryl methyl sites for hydroxylation is 1. The van der Waals surface area contributed by atoms with Crippen LogP contribution in [0.25, 0.3) is 0 Å². The van der Waals surface area contributed by atoms with Gasteiger partial charge in [0.05, 0.1) is 13.7 Å².